The number of oxime groups is 1. The highest BCUT2D eigenvalue weighted by Gasteiger charge is 2.07. The minimum absolute atomic E-state index is 0.0166. The average Bonchev–Trinajstić information content (AvgIpc) is 3.00. The molecule has 1 heterocycles. The number of nitrogens with two attached hydrogens (primary N) is 1. The summed E-state index contributed by atoms with van der Waals surface area (Å²) in [6, 6.07) is 8.26. The summed E-state index contributed by atoms with van der Waals surface area (Å²) >= 11 is 0. The second-order valence-corrected chi connectivity index (χ2v) is 3.87. The second kappa shape index (κ2) is 6.28. The first-order valence-corrected chi connectivity index (χ1v) is 5.72. The summed E-state index contributed by atoms with van der Waals surface area (Å²) < 4.78 is 10.1. The van der Waals surface area contributed by atoms with Crippen LogP contribution < -0.4 is 15.8 Å². The van der Waals surface area contributed by atoms with Crippen molar-refractivity contribution in [2.75, 3.05) is 11.9 Å². The van der Waals surface area contributed by atoms with Crippen LogP contribution in [-0.2, 0) is 0 Å². The predicted octanol–water partition coefficient (Wildman–Crippen LogP) is 1.66. The first-order valence-electron chi connectivity index (χ1n) is 5.72. The van der Waals surface area contributed by atoms with Crippen molar-refractivity contribution < 1.29 is 19.2 Å². The SMILES string of the molecule is N/C(COc1ccc(NC(=O)c2ccoc2)cc1)=N\O. The molecule has 20 heavy (non-hydrogen) atoms. The molecule has 0 fully saturated rings. The number of nitrogens with zero attached hydrogens (tertiary/aromatic N) is 1. The molecule has 0 unspecified atom stereocenters. The van der Waals surface area contributed by atoms with E-state index in [0.717, 1.165) is 0 Å². The second-order valence-electron chi connectivity index (χ2n) is 3.87. The molecule has 0 saturated heterocycles. The third-order valence-electron chi connectivity index (χ3n) is 2.41. The molecule has 0 spiro atoms. The van der Waals surface area contributed by atoms with Gasteiger partial charge in [0, 0.05) is 5.69 Å². The summed E-state index contributed by atoms with van der Waals surface area (Å²) in [5, 5.41) is 13.9. The summed E-state index contributed by atoms with van der Waals surface area (Å²) in [4.78, 5) is 11.8. The van der Waals surface area contributed by atoms with Crippen LogP contribution in [0.3, 0.4) is 0 Å². The van der Waals surface area contributed by atoms with Gasteiger partial charge in [0.15, 0.2) is 5.84 Å². The smallest absolute Gasteiger partial charge is 0.258 e. The van der Waals surface area contributed by atoms with E-state index in [4.69, 9.17) is 20.1 Å². The minimum atomic E-state index is -0.260. The van der Waals surface area contributed by atoms with Crippen molar-refractivity contribution in [3.8, 4) is 5.75 Å². The van der Waals surface area contributed by atoms with E-state index in [9.17, 15) is 4.79 Å². The number of furan rings is 1. The van der Waals surface area contributed by atoms with Crippen LogP contribution in [0.5, 0.6) is 5.75 Å². The third kappa shape index (κ3) is 3.52. The van der Waals surface area contributed by atoms with Gasteiger partial charge in [0.25, 0.3) is 5.91 Å². The van der Waals surface area contributed by atoms with Gasteiger partial charge in [-0.05, 0) is 30.3 Å². The molecule has 4 N–H and O–H groups in total. The van der Waals surface area contributed by atoms with Crippen LogP contribution in [0.1, 0.15) is 10.4 Å². The van der Waals surface area contributed by atoms with Crippen LogP contribution in [0, 0.1) is 0 Å². The van der Waals surface area contributed by atoms with Gasteiger partial charge in [-0.25, -0.2) is 0 Å². The highest BCUT2D eigenvalue weighted by atomic mass is 16.5. The van der Waals surface area contributed by atoms with Crippen molar-refractivity contribution >= 4 is 17.4 Å². The van der Waals surface area contributed by atoms with Gasteiger partial charge < -0.3 is 25.4 Å². The zero-order valence-corrected chi connectivity index (χ0v) is 10.4. The molecule has 0 bridgehead atoms. The Bertz CT molecular complexity index is 591. The Balaban J connectivity index is 1.93. The zero-order chi connectivity index (χ0) is 14.4. The number of hydrogen-bond acceptors (Lipinski definition) is 5. The number of amidine groups is 1. The molecular formula is C13H13N3O4. The van der Waals surface area contributed by atoms with Crippen LogP contribution in [0.4, 0.5) is 5.69 Å². The zero-order valence-electron chi connectivity index (χ0n) is 10.4. The highest BCUT2D eigenvalue weighted by Crippen LogP contribution is 2.16. The van der Waals surface area contributed by atoms with Crippen LogP contribution in [0.15, 0.2) is 52.4 Å². The summed E-state index contributed by atoms with van der Waals surface area (Å²) in [6.45, 7) is -0.0166. The van der Waals surface area contributed by atoms with Gasteiger partial charge in [-0.3, -0.25) is 4.79 Å². The van der Waals surface area contributed by atoms with Crippen molar-refractivity contribution in [1.29, 1.82) is 0 Å². The molecule has 104 valence electrons. The van der Waals surface area contributed by atoms with Gasteiger partial charge in [0.1, 0.15) is 18.6 Å². The lowest BCUT2D eigenvalue weighted by molar-refractivity contribution is 0.102. The van der Waals surface area contributed by atoms with E-state index in [1.54, 1.807) is 30.3 Å². The number of benzene rings is 1. The molecule has 2 rings (SSSR count). The lowest BCUT2D eigenvalue weighted by atomic mass is 10.2. The summed E-state index contributed by atoms with van der Waals surface area (Å²) in [6.07, 6.45) is 2.79. The lowest BCUT2D eigenvalue weighted by Gasteiger charge is -2.07. The van der Waals surface area contributed by atoms with Crippen LogP contribution >= 0.6 is 0 Å². The maximum atomic E-state index is 11.8. The number of nitrogens with one attached hydrogen (secondary N) is 1. The summed E-state index contributed by atoms with van der Waals surface area (Å²) in [5.41, 5.74) is 6.34. The molecule has 7 heteroatoms. The minimum Gasteiger partial charge on any atom is -0.486 e. The molecule has 0 atom stereocenters. The Morgan fingerprint density at radius 3 is 2.70 bits per heavy atom. The summed E-state index contributed by atoms with van der Waals surface area (Å²) in [7, 11) is 0. The van der Waals surface area contributed by atoms with E-state index in [0.29, 0.717) is 17.0 Å². The van der Waals surface area contributed by atoms with Crippen molar-refractivity contribution in [3.63, 3.8) is 0 Å². The van der Waals surface area contributed by atoms with E-state index in [1.165, 1.54) is 12.5 Å². The Kier molecular flexibility index (Phi) is 4.23. The number of ether oxygens (including phenoxy) is 1. The highest BCUT2D eigenvalue weighted by molar-refractivity contribution is 6.03. The molecule has 2 aromatic rings. The number of carbonyl (C=O) groups excluding carboxylic acids is 1. The number of hydrogen-bond donors (Lipinski definition) is 3. The third-order valence-corrected chi connectivity index (χ3v) is 2.41. The molecule has 1 aromatic heterocycles. The predicted molar refractivity (Wildman–Crippen MR) is 72.0 cm³/mol. The number of anilines is 1. The Labute approximate surface area is 114 Å². The maximum absolute atomic E-state index is 11.8. The molecule has 7 nitrogen and oxygen atoms in total. The number of carbonyl (C=O) groups is 1. The molecule has 1 aromatic carbocycles. The van der Waals surface area contributed by atoms with E-state index in [-0.39, 0.29) is 18.3 Å². The van der Waals surface area contributed by atoms with Crippen molar-refractivity contribution in [2.45, 2.75) is 0 Å². The quantitative estimate of drug-likeness (QED) is 0.332. The Hall–Kier alpha value is -2.96. The van der Waals surface area contributed by atoms with Gasteiger partial charge >= 0.3 is 0 Å². The Morgan fingerprint density at radius 1 is 1.35 bits per heavy atom. The van der Waals surface area contributed by atoms with Gasteiger partial charge in [0.05, 0.1) is 11.8 Å². The van der Waals surface area contributed by atoms with E-state index in [2.05, 4.69) is 10.5 Å². The van der Waals surface area contributed by atoms with Gasteiger partial charge in [-0.15, -0.1) is 0 Å². The van der Waals surface area contributed by atoms with Crippen molar-refractivity contribution in [2.24, 2.45) is 10.9 Å². The fraction of sp³-hybridized carbons (Fsp3) is 0.0769. The molecular weight excluding hydrogens is 262 g/mol. The normalized spacial score (nSPS) is 11.1. The van der Waals surface area contributed by atoms with Gasteiger partial charge in [0.2, 0.25) is 0 Å². The van der Waals surface area contributed by atoms with Gasteiger partial charge in [-0.1, -0.05) is 5.16 Å². The molecule has 0 aliphatic heterocycles. The molecule has 0 aliphatic carbocycles. The van der Waals surface area contributed by atoms with Crippen LogP contribution in [0.2, 0.25) is 0 Å². The fourth-order valence-corrected chi connectivity index (χ4v) is 1.42. The van der Waals surface area contributed by atoms with Gasteiger partial charge in [-0.2, -0.15) is 0 Å². The maximum Gasteiger partial charge on any atom is 0.258 e. The standard InChI is InChI=1S/C13H13N3O4/c14-12(16-18)8-20-11-3-1-10(2-4-11)15-13(17)9-5-6-19-7-9/h1-7,18H,8H2,(H2,14,16)(H,15,17). The van der Waals surface area contributed by atoms with Crippen molar-refractivity contribution in [1.82, 2.24) is 0 Å². The largest absolute Gasteiger partial charge is 0.486 e. The summed E-state index contributed by atoms with van der Waals surface area (Å²) in [5.74, 6) is 0.254. The molecule has 0 saturated carbocycles. The molecule has 0 aliphatic rings. The van der Waals surface area contributed by atoms with Crippen LogP contribution in [-0.4, -0.2) is 23.6 Å². The molecule has 1 amide bonds. The Morgan fingerprint density at radius 2 is 2.10 bits per heavy atom. The van der Waals surface area contributed by atoms with E-state index >= 15 is 0 Å². The lowest BCUT2D eigenvalue weighted by Crippen LogP contribution is -2.20. The van der Waals surface area contributed by atoms with Crippen molar-refractivity contribution in [3.05, 3.63) is 48.4 Å². The first-order chi connectivity index (χ1) is 9.69. The van der Waals surface area contributed by atoms with E-state index in [1.807, 2.05) is 0 Å². The number of rotatable bonds is 5. The average molecular weight is 275 g/mol. The number of amides is 1. The van der Waals surface area contributed by atoms with E-state index < -0.39 is 0 Å². The first kappa shape index (κ1) is 13.5. The monoisotopic (exact) mass is 275 g/mol. The van der Waals surface area contributed by atoms with Crippen LogP contribution in [0.25, 0.3) is 0 Å². The topological polar surface area (TPSA) is 110 Å². The fourth-order valence-electron chi connectivity index (χ4n) is 1.42. The molecule has 0 radical (unpaired) electrons.